The zero-order chi connectivity index (χ0) is 10.7. The van der Waals surface area contributed by atoms with Crippen LogP contribution in [0.2, 0.25) is 0 Å². The van der Waals surface area contributed by atoms with Gasteiger partial charge in [0.25, 0.3) is 0 Å². The first-order valence-corrected chi connectivity index (χ1v) is 4.27. The van der Waals surface area contributed by atoms with Crippen molar-refractivity contribution in [2.24, 2.45) is 5.92 Å². The van der Waals surface area contributed by atoms with Crippen LogP contribution in [0.1, 0.15) is 12.6 Å². The van der Waals surface area contributed by atoms with Crippen molar-refractivity contribution in [1.29, 1.82) is 0 Å². The van der Waals surface area contributed by atoms with Gasteiger partial charge in [0.1, 0.15) is 0 Å². The molecular formula is C9H12N2O3. The van der Waals surface area contributed by atoms with Gasteiger partial charge in [0, 0.05) is 18.4 Å². The summed E-state index contributed by atoms with van der Waals surface area (Å²) in [4.78, 5) is 25.5. The normalized spacial score (nSPS) is 12.4. The average molecular weight is 196 g/mol. The highest BCUT2D eigenvalue weighted by atomic mass is 16.4. The lowest BCUT2D eigenvalue weighted by atomic mass is 10.2. The number of hydrogen-bond donors (Lipinski definition) is 1. The summed E-state index contributed by atoms with van der Waals surface area (Å²) in [6, 6.07) is 1.68. The summed E-state index contributed by atoms with van der Waals surface area (Å²) in [5.74, 6) is -1.50. The lowest BCUT2D eigenvalue weighted by Gasteiger charge is -2.08. The second-order valence-electron chi connectivity index (χ2n) is 3.24. The number of rotatable bonds is 3. The fraction of sp³-hybridized carbons (Fsp3) is 0.444. The standard InChI is InChI=1S/C9H12N2O3/c1-6(8(12)13)5-11-4-3-7(2)10-9(11)14/h3-4,6H,5H2,1-2H3,(H,12,13). The SMILES string of the molecule is Cc1ccn(CC(C)C(=O)O)c(=O)n1. The smallest absolute Gasteiger partial charge is 0.347 e. The minimum Gasteiger partial charge on any atom is -0.481 e. The van der Waals surface area contributed by atoms with E-state index in [1.54, 1.807) is 26.1 Å². The van der Waals surface area contributed by atoms with Crippen LogP contribution in [0, 0.1) is 12.8 Å². The quantitative estimate of drug-likeness (QED) is 0.753. The van der Waals surface area contributed by atoms with Gasteiger partial charge in [-0.15, -0.1) is 0 Å². The highest BCUT2D eigenvalue weighted by Crippen LogP contribution is 1.98. The van der Waals surface area contributed by atoms with E-state index in [0.717, 1.165) is 0 Å². The van der Waals surface area contributed by atoms with Crippen LogP contribution < -0.4 is 5.69 Å². The Morgan fingerprint density at radius 3 is 2.86 bits per heavy atom. The molecule has 0 aliphatic heterocycles. The minimum absolute atomic E-state index is 0.154. The van der Waals surface area contributed by atoms with Crippen molar-refractivity contribution in [2.75, 3.05) is 0 Å². The molecule has 1 N–H and O–H groups in total. The van der Waals surface area contributed by atoms with E-state index in [1.807, 2.05) is 0 Å². The van der Waals surface area contributed by atoms with E-state index in [-0.39, 0.29) is 6.54 Å². The monoisotopic (exact) mass is 196 g/mol. The largest absolute Gasteiger partial charge is 0.481 e. The number of aliphatic carboxylic acids is 1. The molecule has 1 unspecified atom stereocenters. The third-order valence-electron chi connectivity index (χ3n) is 1.91. The van der Waals surface area contributed by atoms with Gasteiger partial charge < -0.3 is 5.11 Å². The molecule has 5 nitrogen and oxygen atoms in total. The average Bonchev–Trinajstić information content (AvgIpc) is 2.09. The van der Waals surface area contributed by atoms with Crippen molar-refractivity contribution < 1.29 is 9.90 Å². The van der Waals surface area contributed by atoms with Gasteiger partial charge in [0.2, 0.25) is 0 Å². The fourth-order valence-corrected chi connectivity index (χ4v) is 1.03. The van der Waals surface area contributed by atoms with Crippen LogP contribution in [0.25, 0.3) is 0 Å². The van der Waals surface area contributed by atoms with E-state index in [2.05, 4.69) is 4.98 Å². The number of aromatic nitrogens is 2. The maximum atomic E-state index is 11.3. The van der Waals surface area contributed by atoms with E-state index in [0.29, 0.717) is 5.69 Å². The highest BCUT2D eigenvalue weighted by Gasteiger charge is 2.12. The molecule has 1 heterocycles. The fourth-order valence-electron chi connectivity index (χ4n) is 1.03. The summed E-state index contributed by atoms with van der Waals surface area (Å²) in [5.41, 5.74) is 0.229. The first kappa shape index (κ1) is 10.4. The van der Waals surface area contributed by atoms with Gasteiger partial charge in [-0.1, -0.05) is 6.92 Å². The Kier molecular flexibility index (Phi) is 3.01. The molecule has 0 fully saturated rings. The van der Waals surface area contributed by atoms with Crippen molar-refractivity contribution in [2.45, 2.75) is 20.4 Å². The lowest BCUT2D eigenvalue weighted by Crippen LogP contribution is -2.28. The van der Waals surface area contributed by atoms with E-state index < -0.39 is 17.6 Å². The van der Waals surface area contributed by atoms with E-state index in [4.69, 9.17) is 5.11 Å². The van der Waals surface area contributed by atoms with Crippen LogP contribution in [-0.4, -0.2) is 20.6 Å². The van der Waals surface area contributed by atoms with Gasteiger partial charge in [-0.2, -0.15) is 4.98 Å². The zero-order valence-corrected chi connectivity index (χ0v) is 8.10. The summed E-state index contributed by atoms with van der Waals surface area (Å²) in [5, 5.41) is 8.65. The van der Waals surface area contributed by atoms with Crippen molar-refractivity contribution in [3.63, 3.8) is 0 Å². The number of carbonyl (C=O) groups is 1. The number of carboxylic acids is 1. The molecule has 76 valence electrons. The second kappa shape index (κ2) is 4.04. The molecule has 0 aliphatic carbocycles. The molecule has 0 bridgehead atoms. The van der Waals surface area contributed by atoms with Crippen molar-refractivity contribution in [3.8, 4) is 0 Å². The molecule has 0 aromatic carbocycles. The van der Waals surface area contributed by atoms with Gasteiger partial charge in [0.15, 0.2) is 0 Å². The third-order valence-corrected chi connectivity index (χ3v) is 1.91. The van der Waals surface area contributed by atoms with Crippen LogP contribution in [-0.2, 0) is 11.3 Å². The first-order valence-electron chi connectivity index (χ1n) is 4.27. The molecule has 0 saturated carbocycles. The predicted molar refractivity (Wildman–Crippen MR) is 50.0 cm³/mol. The summed E-state index contributed by atoms with van der Waals surface area (Å²) < 4.78 is 1.30. The molecule has 1 atom stereocenters. The van der Waals surface area contributed by atoms with Crippen molar-refractivity contribution in [3.05, 3.63) is 28.4 Å². The Balaban J connectivity index is 2.88. The molecule has 1 aromatic heterocycles. The molecule has 0 aliphatic rings. The van der Waals surface area contributed by atoms with Gasteiger partial charge in [0.05, 0.1) is 5.92 Å². The number of hydrogen-bond acceptors (Lipinski definition) is 3. The van der Waals surface area contributed by atoms with E-state index in [1.165, 1.54) is 4.57 Å². The van der Waals surface area contributed by atoms with Gasteiger partial charge in [-0.3, -0.25) is 9.36 Å². The molecule has 0 saturated heterocycles. The van der Waals surface area contributed by atoms with Crippen molar-refractivity contribution in [1.82, 2.24) is 9.55 Å². The Morgan fingerprint density at radius 2 is 2.36 bits per heavy atom. The molecular weight excluding hydrogens is 184 g/mol. The van der Waals surface area contributed by atoms with E-state index in [9.17, 15) is 9.59 Å². The van der Waals surface area contributed by atoms with Gasteiger partial charge in [-0.25, -0.2) is 4.79 Å². The van der Waals surface area contributed by atoms with Crippen LogP contribution in [0.4, 0.5) is 0 Å². The number of carboxylic acid groups (broad SMARTS) is 1. The van der Waals surface area contributed by atoms with Crippen LogP contribution in [0.5, 0.6) is 0 Å². The van der Waals surface area contributed by atoms with Gasteiger partial charge in [-0.05, 0) is 13.0 Å². The molecule has 1 aromatic rings. The molecule has 1 rings (SSSR count). The van der Waals surface area contributed by atoms with Crippen LogP contribution in [0.3, 0.4) is 0 Å². The summed E-state index contributed by atoms with van der Waals surface area (Å²) >= 11 is 0. The Bertz CT molecular complexity index is 397. The summed E-state index contributed by atoms with van der Waals surface area (Å²) in [7, 11) is 0. The maximum Gasteiger partial charge on any atom is 0.347 e. The second-order valence-corrected chi connectivity index (χ2v) is 3.24. The topological polar surface area (TPSA) is 72.2 Å². The van der Waals surface area contributed by atoms with E-state index >= 15 is 0 Å². The van der Waals surface area contributed by atoms with Crippen molar-refractivity contribution >= 4 is 5.97 Å². The van der Waals surface area contributed by atoms with Crippen LogP contribution in [0.15, 0.2) is 17.1 Å². The Labute approximate surface area is 81.0 Å². The van der Waals surface area contributed by atoms with Crippen LogP contribution >= 0.6 is 0 Å². The summed E-state index contributed by atoms with van der Waals surface area (Å²) in [6.45, 7) is 3.42. The molecule has 14 heavy (non-hydrogen) atoms. The highest BCUT2D eigenvalue weighted by molar-refractivity contribution is 5.69. The summed E-state index contributed by atoms with van der Waals surface area (Å²) in [6.07, 6.45) is 1.56. The zero-order valence-electron chi connectivity index (χ0n) is 8.10. The molecule has 5 heteroatoms. The Morgan fingerprint density at radius 1 is 1.71 bits per heavy atom. The number of nitrogens with zero attached hydrogens (tertiary/aromatic N) is 2. The lowest BCUT2D eigenvalue weighted by molar-refractivity contribution is -0.141. The Hall–Kier alpha value is -1.65. The molecule has 0 amide bonds. The van der Waals surface area contributed by atoms with Gasteiger partial charge >= 0.3 is 11.7 Å². The first-order chi connectivity index (χ1) is 6.50. The molecule has 0 spiro atoms. The minimum atomic E-state index is -0.919. The number of aryl methyl sites for hydroxylation is 1. The molecule has 0 radical (unpaired) electrons. The third kappa shape index (κ3) is 2.42. The predicted octanol–water partition coefficient (Wildman–Crippen LogP) is 0.272. The maximum absolute atomic E-state index is 11.3.